The smallest absolute Gasteiger partial charge is 0.238 e. The number of nitrogens with two attached hydrogens (primary N) is 1. The molecule has 82 valence electrons. The molecule has 5 nitrogen and oxygen atoms in total. The van der Waals surface area contributed by atoms with Gasteiger partial charge in [0, 0.05) is 6.07 Å². The molecule has 0 amide bonds. The number of rotatable bonds is 3. The van der Waals surface area contributed by atoms with Crippen LogP contribution in [-0.2, 0) is 10.0 Å². The van der Waals surface area contributed by atoms with Gasteiger partial charge in [0.25, 0.3) is 0 Å². The molecule has 0 heterocycles. The average molecular weight is 229 g/mol. The van der Waals surface area contributed by atoms with Gasteiger partial charge in [-0.05, 0) is 19.1 Å². The van der Waals surface area contributed by atoms with E-state index in [-0.39, 0.29) is 16.4 Å². The molecule has 0 saturated heterocycles. The maximum atomic E-state index is 11.1. The molecule has 0 radical (unpaired) electrons. The van der Waals surface area contributed by atoms with Gasteiger partial charge in [0.15, 0.2) is 5.78 Å². The van der Waals surface area contributed by atoms with Gasteiger partial charge in [-0.1, -0.05) is 0 Å². The molecule has 0 aromatic heterocycles. The van der Waals surface area contributed by atoms with Crippen LogP contribution in [-0.4, -0.2) is 21.3 Å². The molecular formula is C9H11NO4S. The van der Waals surface area contributed by atoms with E-state index in [1.807, 2.05) is 0 Å². The van der Waals surface area contributed by atoms with Crippen molar-refractivity contribution in [3.63, 3.8) is 0 Å². The lowest BCUT2D eigenvalue weighted by Crippen LogP contribution is -2.12. The summed E-state index contributed by atoms with van der Waals surface area (Å²) in [7, 11) is -2.41. The van der Waals surface area contributed by atoms with Gasteiger partial charge in [0.2, 0.25) is 10.0 Å². The molecule has 0 aliphatic heterocycles. The van der Waals surface area contributed by atoms with Crippen LogP contribution in [0.2, 0.25) is 0 Å². The average Bonchev–Trinajstić information content (AvgIpc) is 2.15. The first-order valence-electron chi connectivity index (χ1n) is 4.08. The molecule has 0 aliphatic rings. The topological polar surface area (TPSA) is 86.5 Å². The van der Waals surface area contributed by atoms with Crippen molar-refractivity contribution in [2.45, 2.75) is 11.8 Å². The minimum atomic E-state index is -3.77. The Bertz CT molecular complexity index is 493. The lowest BCUT2D eigenvalue weighted by atomic mass is 10.1. The van der Waals surface area contributed by atoms with Gasteiger partial charge in [-0.15, -0.1) is 0 Å². The Balaban J connectivity index is 3.38. The van der Waals surface area contributed by atoms with Crippen LogP contribution in [0.4, 0.5) is 0 Å². The monoisotopic (exact) mass is 229 g/mol. The van der Waals surface area contributed by atoms with Crippen molar-refractivity contribution in [2.24, 2.45) is 5.14 Å². The number of carbonyl (C=O) groups excluding carboxylic acids is 1. The quantitative estimate of drug-likeness (QED) is 0.766. The van der Waals surface area contributed by atoms with E-state index in [2.05, 4.69) is 0 Å². The van der Waals surface area contributed by atoms with Gasteiger partial charge in [0.1, 0.15) is 5.75 Å². The zero-order valence-electron chi connectivity index (χ0n) is 8.35. The SMILES string of the molecule is COc1cc(S(N)(=O)=O)ccc1C(C)=O. The van der Waals surface area contributed by atoms with Gasteiger partial charge in [-0.3, -0.25) is 4.79 Å². The van der Waals surface area contributed by atoms with Crippen LogP contribution in [0.3, 0.4) is 0 Å². The third-order valence-corrected chi connectivity index (χ3v) is 2.79. The Hall–Kier alpha value is -1.40. The highest BCUT2D eigenvalue weighted by Gasteiger charge is 2.13. The summed E-state index contributed by atoms with van der Waals surface area (Å²) in [6.07, 6.45) is 0. The summed E-state index contributed by atoms with van der Waals surface area (Å²) in [5.41, 5.74) is 0.324. The number of carbonyl (C=O) groups is 1. The maximum Gasteiger partial charge on any atom is 0.238 e. The molecule has 0 bridgehead atoms. The molecule has 0 aliphatic carbocycles. The number of benzene rings is 1. The van der Waals surface area contributed by atoms with E-state index < -0.39 is 10.0 Å². The molecule has 15 heavy (non-hydrogen) atoms. The Kier molecular flexibility index (Phi) is 3.11. The Morgan fingerprint density at radius 1 is 1.40 bits per heavy atom. The summed E-state index contributed by atoms with van der Waals surface area (Å²) in [5, 5.41) is 4.94. The van der Waals surface area contributed by atoms with Crippen LogP contribution in [0.15, 0.2) is 23.1 Å². The Morgan fingerprint density at radius 2 is 2.00 bits per heavy atom. The van der Waals surface area contributed by atoms with E-state index in [0.29, 0.717) is 5.56 Å². The molecule has 2 N–H and O–H groups in total. The van der Waals surface area contributed by atoms with E-state index in [9.17, 15) is 13.2 Å². The predicted octanol–water partition coefficient (Wildman–Crippen LogP) is 0.545. The molecular weight excluding hydrogens is 218 g/mol. The van der Waals surface area contributed by atoms with Crippen LogP contribution in [0.25, 0.3) is 0 Å². The lowest BCUT2D eigenvalue weighted by Gasteiger charge is -2.07. The third-order valence-electron chi connectivity index (χ3n) is 1.88. The first-order valence-corrected chi connectivity index (χ1v) is 5.62. The van der Waals surface area contributed by atoms with E-state index in [4.69, 9.17) is 9.88 Å². The summed E-state index contributed by atoms with van der Waals surface area (Å²) < 4.78 is 26.9. The van der Waals surface area contributed by atoms with Crippen molar-refractivity contribution in [2.75, 3.05) is 7.11 Å². The van der Waals surface area contributed by atoms with Crippen LogP contribution in [0.1, 0.15) is 17.3 Å². The Morgan fingerprint density at radius 3 is 2.40 bits per heavy atom. The highest BCUT2D eigenvalue weighted by molar-refractivity contribution is 7.89. The largest absolute Gasteiger partial charge is 0.496 e. The first-order chi connectivity index (χ1) is 6.86. The summed E-state index contributed by atoms with van der Waals surface area (Å²) in [6, 6.07) is 3.88. The molecule has 6 heteroatoms. The van der Waals surface area contributed by atoms with Gasteiger partial charge >= 0.3 is 0 Å². The molecule has 1 aromatic rings. The summed E-state index contributed by atoms with van der Waals surface area (Å²) in [4.78, 5) is 11.0. The van der Waals surface area contributed by atoms with Crippen molar-refractivity contribution >= 4 is 15.8 Å². The molecule has 0 saturated carbocycles. The fourth-order valence-corrected chi connectivity index (χ4v) is 1.67. The van der Waals surface area contributed by atoms with E-state index >= 15 is 0 Å². The van der Waals surface area contributed by atoms with Gasteiger partial charge < -0.3 is 4.74 Å². The molecule has 1 aromatic carbocycles. The fraction of sp³-hybridized carbons (Fsp3) is 0.222. The van der Waals surface area contributed by atoms with Crippen molar-refractivity contribution in [3.05, 3.63) is 23.8 Å². The van der Waals surface area contributed by atoms with Crippen molar-refractivity contribution in [1.82, 2.24) is 0 Å². The van der Waals surface area contributed by atoms with E-state index in [1.165, 1.54) is 32.2 Å². The second kappa shape index (κ2) is 4.00. The van der Waals surface area contributed by atoms with Crippen LogP contribution in [0, 0.1) is 0 Å². The van der Waals surface area contributed by atoms with Crippen molar-refractivity contribution < 1.29 is 17.9 Å². The summed E-state index contributed by atoms with van der Waals surface area (Å²) in [5.74, 6) is 0.00171. The van der Waals surface area contributed by atoms with Crippen LogP contribution >= 0.6 is 0 Å². The minimum absolute atomic E-state index is 0.0793. The standard InChI is InChI=1S/C9H11NO4S/c1-6(11)8-4-3-7(15(10,12)13)5-9(8)14-2/h3-5H,1-2H3,(H2,10,12,13). The first kappa shape index (κ1) is 11.7. The zero-order chi connectivity index (χ0) is 11.6. The van der Waals surface area contributed by atoms with Crippen molar-refractivity contribution in [1.29, 1.82) is 0 Å². The number of hydrogen-bond donors (Lipinski definition) is 1. The van der Waals surface area contributed by atoms with Gasteiger partial charge in [-0.25, -0.2) is 13.6 Å². The number of primary sulfonamides is 1. The normalized spacial score (nSPS) is 11.1. The molecule has 0 atom stereocenters. The molecule has 0 fully saturated rings. The van der Waals surface area contributed by atoms with E-state index in [1.54, 1.807) is 0 Å². The molecule has 0 spiro atoms. The summed E-state index contributed by atoms with van der Waals surface area (Å²) in [6.45, 7) is 1.37. The minimum Gasteiger partial charge on any atom is -0.496 e. The number of ketones is 1. The Labute approximate surface area is 87.9 Å². The number of ether oxygens (including phenoxy) is 1. The fourth-order valence-electron chi connectivity index (χ4n) is 1.14. The second-order valence-corrected chi connectivity index (χ2v) is 4.52. The van der Waals surface area contributed by atoms with Crippen LogP contribution < -0.4 is 9.88 Å². The number of methoxy groups -OCH3 is 1. The highest BCUT2D eigenvalue weighted by Crippen LogP contribution is 2.22. The zero-order valence-corrected chi connectivity index (χ0v) is 9.17. The number of sulfonamides is 1. The highest BCUT2D eigenvalue weighted by atomic mass is 32.2. The second-order valence-electron chi connectivity index (χ2n) is 2.96. The van der Waals surface area contributed by atoms with Crippen molar-refractivity contribution in [3.8, 4) is 5.75 Å². The molecule has 1 rings (SSSR count). The molecule has 0 unspecified atom stereocenters. The number of hydrogen-bond acceptors (Lipinski definition) is 4. The third kappa shape index (κ3) is 2.54. The lowest BCUT2D eigenvalue weighted by molar-refractivity contribution is 0.101. The summed E-state index contributed by atoms with van der Waals surface area (Å²) >= 11 is 0. The van der Waals surface area contributed by atoms with E-state index in [0.717, 1.165) is 0 Å². The van der Waals surface area contributed by atoms with Gasteiger partial charge in [-0.2, -0.15) is 0 Å². The predicted molar refractivity (Wildman–Crippen MR) is 54.4 cm³/mol. The maximum absolute atomic E-state index is 11.1. The number of Topliss-reactive ketones (excluding diaryl/α,β-unsaturated/α-hetero) is 1. The van der Waals surface area contributed by atoms with Crippen LogP contribution in [0.5, 0.6) is 5.75 Å². The van der Waals surface area contributed by atoms with Gasteiger partial charge in [0.05, 0.1) is 17.6 Å².